The molecule has 0 aromatic heterocycles. The molecule has 3 aliphatic rings. The molecule has 146 valence electrons. The first-order valence-corrected chi connectivity index (χ1v) is 9.55. The van der Waals surface area contributed by atoms with Crippen molar-refractivity contribution in [2.24, 2.45) is 11.3 Å². The van der Waals surface area contributed by atoms with Crippen LogP contribution in [0.25, 0.3) is 0 Å². The van der Waals surface area contributed by atoms with Crippen molar-refractivity contribution in [3.05, 3.63) is 11.3 Å². The summed E-state index contributed by atoms with van der Waals surface area (Å²) in [4.78, 5) is 25.9. The molecule has 0 aromatic rings. The fraction of sp³-hybridized carbons (Fsp3) is 0.789. The summed E-state index contributed by atoms with van der Waals surface area (Å²) in [5, 5.41) is 0. The Hall–Kier alpha value is -1.53. The van der Waals surface area contributed by atoms with E-state index in [9.17, 15) is 22.8 Å². The monoisotopic (exact) mass is 373 g/mol. The second-order valence-electron chi connectivity index (χ2n) is 7.68. The predicted molar refractivity (Wildman–Crippen MR) is 89.2 cm³/mol. The lowest BCUT2D eigenvalue weighted by Gasteiger charge is -2.52. The Balaban J connectivity index is 1.77. The number of hydrogen-bond acceptors (Lipinski definition) is 4. The summed E-state index contributed by atoms with van der Waals surface area (Å²) in [7, 11) is 0. The Morgan fingerprint density at radius 3 is 2.31 bits per heavy atom. The van der Waals surface area contributed by atoms with E-state index in [1.54, 1.807) is 6.92 Å². The second-order valence-corrected chi connectivity index (χ2v) is 7.68. The van der Waals surface area contributed by atoms with Crippen LogP contribution in [0.4, 0.5) is 13.2 Å². The van der Waals surface area contributed by atoms with Crippen molar-refractivity contribution in [1.82, 2.24) is 4.90 Å². The van der Waals surface area contributed by atoms with Gasteiger partial charge in [-0.15, -0.1) is 0 Å². The molecule has 1 aliphatic heterocycles. The van der Waals surface area contributed by atoms with E-state index in [-0.39, 0.29) is 17.5 Å². The maximum absolute atomic E-state index is 13.2. The number of carbonyl (C=O) groups excluding carboxylic acids is 2. The summed E-state index contributed by atoms with van der Waals surface area (Å²) in [5.41, 5.74) is 0.00821. The largest absolute Gasteiger partial charge is 0.466 e. The quantitative estimate of drug-likeness (QED) is 0.699. The van der Waals surface area contributed by atoms with Crippen molar-refractivity contribution >= 4 is 11.8 Å². The number of allylic oxidation sites excluding steroid dienone is 2. The molecule has 7 heteroatoms. The molecular weight excluding hydrogens is 347 g/mol. The third-order valence-electron chi connectivity index (χ3n) is 6.12. The highest BCUT2D eigenvalue weighted by Gasteiger charge is 2.56. The van der Waals surface area contributed by atoms with Gasteiger partial charge in [0.1, 0.15) is 0 Å². The van der Waals surface area contributed by atoms with Gasteiger partial charge in [-0.2, -0.15) is 13.2 Å². The van der Waals surface area contributed by atoms with Crippen molar-refractivity contribution in [1.29, 1.82) is 0 Å². The average Bonchev–Trinajstić information content (AvgIpc) is 2.60. The average molecular weight is 373 g/mol. The molecule has 2 fully saturated rings. The van der Waals surface area contributed by atoms with Crippen molar-refractivity contribution in [3.8, 4) is 0 Å². The van der Waals surface area contributed by atoms with E-state index in [2.05, 4.69) is 0 Å². The molecule has 1 saturated carbocycles. The molecule has 2 aliphatic carbocycles. The van der Waals surface area contributed by atoms with Crippen molar-refractivity contribution in [2.75, 3.05) is 19.7 Å². The molecule has 0 atom stereocenters. The zero-order valence-corrected chi connectivity index (χ0v) is 15.2. The highest BCUT2D eigenvalue weighted by atomic mass is 19.4. The van der Waals surface area contributed by atoms with Crippen LogP contribution in [0.2, 0.25) is 0 Å². The molecule has 0 unspecified atom stereocenters. The molecule has 0 radical (unpaired) electrons. The summed E-state index contributed by atoms with van der Waals surface area (Å²) in [5.74, 6) is -2.09. The van der Waals surface area contributed by atoms with Gasteiger partial charge in [0.2, 0.25) is 0 Å². The Morgan fingerprint density at radius 2 is 1.77 bits per heavy atom. The number of likely N-dealkylation sites (tertiary alicyclic amines) is 1. The Kier molecular flexibility index (Phi) is 5.35. The van der Waals surface area contributed by atoms with Crippen molar-refractivity contribution < 1.29 is 27.5 Å². The highest BCUT2D eigenvalue weighted by molar-refractivity contribution is 6.03. The molecule has 0 amide bonds. The SMILES string of the molecule is CCOC(=O)C1CCN(C2=C(C(=O)C(F)(F)F)C3(CCCCC3)C2)CC1. The second kappa shape index (κ2) is 7.24. The normalized spacial score (nSPS) is 23.8. The number of carbonyl (C=O) groups is 2. The number of alkyl halides is 3. The Bertz CT molecular complexity index is 598. The summed E-state index contributed by atoms with van der Waals surface area (Å²) < 4.78 is 44.6. The van der Waals surface area contributed by atoms with E-state index < -0.39 is 17.4 Å². The van der Waals surface area contributed by atoms with Crippen LogP contribution in [0.15, 0.2) is 11.3 Å². The lowest BCUT2D eigenvalue weighted by Crippen LogP contribution is -2.49. The van der Waals surface area contributed by atoms with Gasteiger partial charge in [-0.05, 0) is 39.0 Å². The first kappa shape index (κ1) is 19.2. The first-order chi connectivity index (χ1) is 12.3. The first-order valence-electron chi connectivity index (χ1n) is 9.55. The van der Waals surface area contributed by atoms with Crippen molar-refractivity contribution in [3.63, 3.8) is 0 Å². The smallest absolute Gasteiger partial charge is 0.454 e. The molecule has 1 heterocycles. The standard InChI is InChI=1S/C19H26F3NO3/c1-2-26-17(25)13-6-10-23(11-7-13)14-12-18(8-4-3-5-9-18)15(14)16(24)19(20,21)22/h13H,2-12H2,1H3. The van der Waals surface area contributed by atoms with E-state index in [0.29, 0.717) is 57.5 Å². The van der Waals surface area contributed by atoms with Crippen molar-refractivity contribution in [2.45, 2.75) is 64.5 Å². The molecule has 0 bridgehead atoms. The van der Waals surface area contributed by atoms with Crippen LogP contribution in [-0.2, 0) is 14.3 Å². The minimum atomic E-state index is -4.82. The van der Waals surface area contributed by atoms with Crippen LogP contribution >= 0.6 is 0 Å². The molecule has 0 aromatic carbocycles. The maximum Gasteiger partial charge on any atom is 0.454 e. The molecule has 1 spiro atoms. The zero-order chi connectivity index (χ0) is 18.9. The van der Waals surface area contributed by atoms with E-state index in [4.69, 9.17) is 4.74 Å². The van der Waals surface area contributed by atoms with Crippen LogP contribution in [0.5, 0.6) is 0 Å². The summed E-state index contributed by atoms with van der Waals surface area (Å²) in [6.07, 6.45) is 0.990. The minimum Gasteiger partial charge on any atom is -0.466 e. The van der Waals surface area contributed by atoms with Gasteiger partial charge in [-0.25, -0.2) is 0 Å². The lowest BCUT2D eigenvalue weighted by atomic mass is 9.57. The summed E-state index contributed by atoms with van der Waals surface area (Å²) in [6.45, 7) is 3.09. The number of esters is 1. The van der Waals surface area contributed by atoms with Crippen LogP contribution in [0.1, 0.15) is 58.3 Å². The third kappa shape index (κ3) is 3.49. The van der Waals surface area contributed by atoms with Crippen LogP contribution < -0.4 is 0 Å². The molecule has 0 N–H and O–H groups in total. The lowest BCUT2D eigenvalue weighted by molar-refractivity contribution is -0.169. The number of hydrogen-bond donors (Lipinski definition) is 0. The summed E-state index contributed by atoms with van der Waals surface area (Å²) in [6, 6.07) is 0. The molecule has 3 rings (SSSR count). The maximum atomic E-state index is 13.2. The number of Topliss-reactive ketones (excluding diaryl/α,β-unsaturated/α-hetero) is 1. The van der Waals surface area contributed by atoms with Gasteiger partial charge >= 0.3 is 12.1 Å². The van der Waals surface area contributed by atoms with Gasteiger partial charge < -0.3 is 9.64 Å². The third-order valence-corrected chi connectivity index (χ3v) is 6.12. The minimum absolute atomic E-state index is 0.0132. The van der Waals surface area contributed by atoms with E-state index >= 15 is 0 Å². The topological polar surface area (TPSA) is 46.6 Å². The number of nitrogens with zero attached hydrogens (tertiary/aromatic N) is 1. The Morgan fingerprint density at radius 1 is 1.15 bits per heavy atom. The molecular formula is C19H26F3NO3. The van der Waals surface area contributed by atoms with Gasteiger partial charge in [-0.1, -0.05) is 19.3 Å². The number of halogens is 3. The number of ketones is 1. The number of piperidine rings is 1. The van der Waals surface area contributed by atoms with E-state index in [1.165, 1.54) is 0 Å². The molecule has 1 saturated heterocycles. The highest BCUT2D eigenvalue weighted by Crippen LogP contribution is 2.58. The van der Waals surface area contributed by atoms with E-state index in [1.807, 2.05) is 4.90 Å². The fourth-order valence-electron chi connectivity index (χ4n) is 4.78. The predicted octanol–water partition coefficient (Wildman–Crippen LogP) is 4.00. The van der Waals surface area contributed by atoms with Gasteiger partial charge in [0.15, 0.2) is 0 Å². The number of ether oxygens (including phenoxy) is 1. The van der Waals surface area contributed by atoms with Gasteiger partial charge in [-0.3, -0.25) is 9.59 Å². The summed E-state index contributed by atoms with van der Waals surface area (Å²) >= 11 is 0. The zero-order valence-electron chi connectivity index (χ0n) is 15.2. The molecule has 4 nitrogen and oxygen atoms in total. The van der Waals surface area contributed by atoms with Gasteiger partial charge in [0.05, 0.1) is 12.5 Å². The number of rotatable bonds is 4. The fourth-order valence-corrected chi connectivity index (χ4v) is 4.78. The van der Waals surface area contributed by atoms with Crippen LogP contribution in [0.3, 0.4) is 0 Å². The molecule has 26 heavy (non-hydrogen) atoms. The van der Waals surface area contributed by atoms with Crippen LogP contribution in [-0.4, -0.2) is 42.5 Å². The van der Waals surface area contributed by atoms with E-state index in [0.717, 1.165) is 19.3 Å². The Labute approximate surface area is 151 Å². The van der Waals surface area contributed by atoms with Crippen LogP contribution in [0, 0.1) is 11.3 Å². The van der Waals surface area contributed by atoms with Gasteiger partial charge in [0, 0.05) is 29.8 Å². The van der Waals surface area contributed by atoms with Gasteiger partial charge in [0.25, 0.3) is 5.78 Å².